The highest BCUT2D eigenvalue weighted by atomic mass is 32.2. The zero-order chi connectivity index (χ0) is 24.3. The summed E-state index contributed by atoms with van der Waals surface area (Å²) in [6, 6.07) is 15.1. The Bertz CT molecular complexity index is 1390. The number of non-ortho nitro benzene ring substituents is 1. The van der Waals surface area contributed by atoms with Crippen molar-refractivity contribution in [3.63, 3.8) is 0 Å². The Morgan fingerprint density at radius 1 is 1.20 bits per heavy atom. The molecule has 3 aromatic rings. The van der Waals surface area contributed by atoms with Crippen LogP contribution in [0.2, 0.25) is 0 Å². The fourth-order valence-corrected chi connectivity index (χ4v) is 7.26. The van der Waals surface area contributed by atoms with Gasteiger partial charge in [0.2, 0.25) is 5.91 Å². The predicted molar refractivity (Wildman–Crippen MR) is 128 cm³/mol. The van der Waals surface area contributed by atoms with Crippen molar-refractivity contribution in [3.05, 3.63) is 99.6 Å². The lowest BCUT2D eigenvalue weighted by Gasteiger charge is -2.36. The molecule has 8 nitrogen and oxygen atoms in total. The number of Topliss-reactive ketones (excluding diaryl/α,β-unsaturated/α-hetero) is 1. The van der Waals surface area contributed by atoms with Crippen molar-refractivity contribution in [2.24, 2.45) is 5.92 Å². The number of hydrogen-bond acceptors (Lipinski definition) is 7. The number of pyridine rings is 1. The molecular formula is C25H19FN4O4S. The molecule has 0 aliphatic carbocycles. The molecule has 10 heteroatoms. The summed E-state index contributed by atoms with van der Waals surface area (Å²) < 4.78 is 14.5. The van der Waals surface area contributed by atoms with Crippen molar-refractivity contribution in [2.45, 2.75) is 17.5 Å². The highest BCUT2D eigenvalue weighted by molar-refractivity contribution is 7.99. The Morgan fingerprint density at radius 3 is 2.83 bits per heavy atom. The van der Waals surface area contributed by atoms with Crippen molar-refractivity contribution in [1.82, 2.24) is 9.88 Å². The Hall–Kier alpha value is -3.63. The van der Waals surface area contributed by atoms with Crippen LogP contribution in [0.4, 0.5) is 15.8 Å². The van der Waals surface area contributed by atoms with Gasteiger partial charge in [-0.1, -0.05) is 18.2 Å². The molecule has 4 atom stereocenters. The van der Waals surface area contributed by atoms with E-state index in [4.69, 9.17) is 0 Å². The summed E-state index contributed by atoms with van der Waals surface area (Å²) in [5, 5.41) is 14.4. The molecular weight excluding hydrogens is 471 g/mol. The van der Waals surface area contributed by atoms with Gasteiger partial charge in [0.1, 0.15) is 17.1 Å². The van der Waals surface area contributed by atoms with Crippen LogP contribution in [-0.4, -0.2) is 44.2 Å². The van der Waals surface area contributed by atoms with Crippen molar-refractivity contribution in [2.75, 3.05) is 16.9 Å². The number of nitro groups is 1. The number of nitrogens with zero attached hydrogens (tertiary/aromatic N) is 3. The number of halogens is 1. The summed E-state index contributed by atoms with van der Waals surface area (Å²) in [5.74, 6) is -1.68. The quantitative estimate of drug-likeness (QED) is 0.335. The second kappa shape index (κ2) is 7.96. The van der Waals surface area contributed by atoms with Gasteiger partial charge >= 0.3 is 0 Å². The Morgan fingerprint density at radius 2 is 2.06 bits per heavy atom. The van der Waals surface area contributed by atoms with Gasteiger partial charge < -0.3 is 5.32 Å². The molecule has 176 valence electrons. The minimum atomic E-state index is -1.46. The summed E-state index contributed by atoms with van der Waals surface area (Å²) in [7, 11) is 0. The van der Waals surface area contributed by atoms with Crippen LogP contribution in [0.1, 0.15) is 27.5 Å². The van der Waals surface area contributed by atoms with Crippen molar-refractivity contribution >= 4 is 34.8 Å². The molecule has 2 aromatic carbocycles. The molecule has 1 spiro atoms. The fourth-order valence-electron chi connectivity index (χ4n) is 5.93. The first-order valence-electron chi connectivity index (χ1n) is 11.1. The van der Waals surface area contributed by atoms with Crippen molar-refractivity contribution < 1.29 is 18.9 Å². The van der Waals surface area contributed by atoms with E-state index in [1.807, 2.05) is 4.90 Å². The minimum Gasteiger partial charge on any atom is -0.324 e. The molecule has 1 amide bonds. The largest absolute Gasteiger partial charge is 0.324 e. The van der Waals surface area contributed by atoms with E-state index >= 15 is 0 Å². The smallest absolute Gasteiger partial charge is 0.269 e. The van der Waals surface area contributed by atoms with E-state index in [1.165, 1.54) is 36.5 Å². The van der Waals surface area contributed by atoms with Crippen LogP contribution < -0.4 is 5.32 Å². The molecule has 1 aromatic heterocycles. The normalized spacial score (nSPS) is 27.0. The lowest BCUT2D eigenvalue weighted by molar-refractivity contribution is -0.384. The Labute approximate surface area is 203 Å². The van der Waals surface area contributed by atoms with Crippen molar-refractivity contribution in [3.8, 4) is 0 Å². The van der Waals surface area contributed by atoms with E-state index < -0.39 is 34.0 Å². The summed E-state index contributed by atoms with van der Waals surface area (Å²) in [6.07, 6.45) is 1.51. The van der Waals surface area contributed by atoms with Gasteiger partial charge in [-0.05, 0) is 35.9 Å². The molecule has 0 radical (unpaired) electrons. The number of thioether (sulfide) groups is 1. The molecule has 35 heavy (non-hydrogen) atoms. The monoisotopic (exact) mass is 490 g/mol. The molecule has 6 rings (SSSR count). The zero-order valence-electron chi connectivity index (χ0n) is 18.3. The number of fused-ring (bicyclic) bond motifs is 4. The summed E-state index contributed by atoms with van der Waals surface area (Å²) in [5.41, 5.74) is 0.115. The second-order valence-electron chi connectivity index (χ2n) is 8.88. The maximum Gasteiger partial charge on any atom is 0.269 e. The molecule has 2 saturated heterocycles. The predicted octanol–water partition coefficient (Wildman–Crippen LogP) is 3.95. The van der Waals surface area contributed by atoms with E-state index in [1.54, 1.807) is 42.1 Å². The number of aromatic nitrogens is 1. The van der Waals surface area contributed by atoms with Gasteiger partial charge in [0.15, 0.2) is 5.78 Å². The highest BCUT2D eigenvalue weighted by Gasteiger charge is 2.69. The molecule has 2 fully saturated rings. The van der Waals surface area contributed by atoms with E-state index in [2.05, 4.69) is 10.3 Å². The van der Waals surface area contributed by atoms with Gasteiger partial charge in [0, 0.05) is 53.2 Å². The van der Waals surface area contributed by atoms with Crippen LogP contribution in [0.15, 0.2) is 66.9 Å². The van der Waals surface area contributed by atoms with Crippen LogP contribution >= 0.6 is 11.8 Å². The lowest BCUT2D eigenvalue weighted by atomic mass is 9.70. The number of ketones is 1. The first kappa shape index (κ1) is 21.9. The second-order valence-corrected chi connectivity index (χ2v) is 9.88. The van der Waals surface area contributed by atoms with E-state index in [0.717, 1.165) is 0 Å². The van der Waals surface area contributed by atoms with E-state index in [0.29, 0.717) is 28.4 Å². The third kappa shape index (κ3) is 3.06. The van der Waals surface area contributed by atoms with Crippen LogP contribution in [0.3, 0.4) is 0 Å². The molecule has 3 aliphatic rings. The van der Waals surface area contributed by atoms with E-state index in [9.17, 15) is 24.1 Å². The lowest BCUT2D eigenvalue weighted by Crippen LogP contribution is -2.52. The average molecular weight is 491 g/mol. The Kier molecular flexibility index (Phi) is 4.97. The topological polar surface area (TPSA) is 105 Å². The number of anilines is 1. The molecule has 0 saturated carbocycles. The highest BCUT2D eigenvalue weighted by Crippen LogP contribution is 2.61. The summed E-state index contributed by atoms with van der Waals surface area (Å²) in [6.45, 7) is 0. The first-order chi connectivity index (χ1) is 16.9. The van der Waals surface area contributed by atoms with Gasteiger partial charge in [0.05, 0.1) is 10.8 Å². The van der Waals surface area contributed by atoms with Crippen LogP contribution in [0, 0.1) is 21.8 Å². The number of amides is 1. The maximum absolute atomic E-state index is 14.5. The van der Waals surface area contributed by atoms with Crippen LogP contribution in [0.25, 0.3) is 0 Å². The average Bonchev–Trinajstić information content (AvgIpc) is 3.52. The van der Waals surface area contributed by atoms with Gasteiger partial charge in [-0.3, -0.25) is 29.6 Å². The number of benzene rings is 2. The van der Waals surface area contributed by atoms with Crippen molar-refractivity contribution in [1.29, 1.82) is 0 Å². The maximum atomic E-state index is 14.5. The third-order valence-corrected chi connectivity index (χ3v) is 8.29. The van der Waals surface area contributed by atoms with Crippen LogP contribution in [-0.2, 0) is 10.3 Å². The van der Waals surface area contributed by atoms with Gasteiger partial charge in [-0.15, -0.1) is 11.8 Å². The van der Waals surface area contributed by atoms with E-state index in [-0.39, 0.29) is 23.2 Å². The molecule has 4 heterocycles. The number of carbonyl (C=O) groups excluding carboxylic acids is 2. The molecule has 1 N–H and O–H groups in total. The number of hydrogen-bond donors (Lipinski definition) is 1. The summed E-state index contributed by atoms with van der Waals surface area (Å²) >= 11 is 1.62. The molecule has 4 unspecified atom stereocenters. The Balaban J connectivity index is 1.63. The van der Waals surface area contributed by atoms with Gasteiger partial charge in [-0.25, -0.2) is 4.39 Å². The standard InChI is InChI=1S/C25H19FN4O4S/c26-15-7-8-18-17(11-15)25(24(32)28-18)22(23(31)19-6-1-2-9-27-19)21(20-12-35-13-29(20)25)14-4-3-5-16(10-14)30(33)34/h1-11,20-22H,12-13H2,(H,28,32). The fraction of sp³-hybridized carbons (Fsp3) is 0.240. The number of rotatable bonds is 4. The van der Waals surface area contributed by atoms with Gasteiger partial charge in [0.25, 0.3) is 5.69 Å². The minimum absolute atomic E-state index is 0.0907. The SMILES string of the molecule is O=C(c1ccccn1)C1C(c2cccc([N+](=O)[O-])c2)C2CSCN2C12C(=O)Nc1ccc(F)cc12. The van der Waals surface area contributed by atoms with Gasteiger partial charge in [-0.2, -0.15) is 0 Å². The summed E-state index contributed by atoms with van der Waals surface area (Å²) in [4.78, 5) is 45.3. The molecule has 0 bridgehead atoms. The number of nitrogens with one attached hydrogen (secondary N) is 1. The first-order valence-corrected chi connectivity index (χ1v) is 12.2. The third-order valence-electron chi connectivity index (χ3n) is 7.25. The zero-order valence-corrected chi connectivity index (χ0v) is 19.1. The molecule has 3 aliphatic heterocycles. The van der Waals surface area contributed by atoms with Crippen LogP contribution in [0.5, 0.6) is 0 Å². The number of nitro benzene ring substituents is 1. The number of carbonyl (C=O) groups is 2.